The van der Waals surface area contributed by atoms with Crippen LogP contribution in [0.3, 0.4) is 0 Å². The molecule has 0 saturated carbocycles. The van der Waals surface area contributed by atoms with Crippen LogP contribution < -0.4 is 15.4 Å². The number of unbranched alkanes of at least 4 members (excludes halogenated alkanes) is 1. The van der Waals surface area contributed by atoms with E-state index in [2.05, 4.69) is 27.8 Å². The molecule has 0 bridgehead atoms. The molecule has 2 amide bonds. The summed E-state index contributed by atoms with van der Waals surface area (Å²) in [4.78, 5) is 24.8. The summed E-state index contributed by atoms with van der Waals surface area (Å²) < 4.78 is 5.22. The van der Waals surface area contributed by atoms with E-state index in [-0.39, 0.29) is 17.7 Å². The fourth-order valence-electron chi connectivity index (χ4n) is 2.73. The quantitative estimate of drug-likeness (QED) is 0.627. The van der Waals surface area contributed by atoms with Gasteiger partial charge in [-0.25, -0.2) is 0 Å². The van der Waals surface area contributed by atoms with Crippen LogP contribution in [0.5, 0.6) is 5.75 Å². The van der Waals surface area contributed by atoms with Crippen molar-refractivity contribution in [3.63, 3.8) is 0 Å². The van der Waals surface area contributed by atoms with Gasteiger partial charge in [0.15, 0.2) is 0 Å². The van der Waals surface area contributed by atoms with Gasteiger partial charge in [-0.15, -0.1) is 10.2 Å². The van der Waals surface area contributed by atoms with Crippen LogP contribution in [0.4, 0.5) is 5.13 Å². The summed E-state index contributed by atoms with van der Waals surface area (Å²) in [7, 11) is 1.60. The first-order valence-corrected chi connectivity index (χ1v) is 10.4. The number of hydrogen-bond acceptors (Lipinski definition) is 6. The highest BCUT2D eigenvalue weighted by molar-refractivity contribution is 7.18. The standard InChI is InChI=1S/C20H28N4O3S/c1-5-7-9-14(6-2)18(26)21-13(3)17(25)22-20-24-23-19(28-20)15-10-8-11-16(12-15)27-4/h8,10-14H,5-7,9H2,1-4H3,(H,21,26)(H,22,24,25)/t13-,14+/m1/s1. The van der Waals surface area contributed by atoms with Crippen LogP contribution in [0.15, 0.2) is 24.3 Å². The van der Waals surface area contributed by atoms with Gasteiger partial charge < -0.3 is 10.1 Å². The number of benzene rings is 1. The molecule has 1 heterocycles. The lowest BCUT2D eigenvalue weighted by Gasteiger charge is -2.18. The van der Waals surface area contributed by atoms with Crippen LogP contribution >= 0.6 is 11.3 Å². The predicted molar refractivity (Wildman–Crippen MR) is 111 cm³/mol. The summed E-state index contributed by atoms with van der Waals surface area (Å²) >= 11 is 1.27. The highest BCUT2D eigenvalue weighted by Gasteiger charge is 2.22. The number of carbonyl (C=O) groups is 2. The molecule has 2 rings (SSSR count). The van der Waals surface area contributed by atoms with Crippen molar-refractivity contribution >= 4 is 28.3 Å². The zero-order valence-corrected chi connectivity index (χ0v) is 17.6. The highest BCUT2D eigenvalue weighted by atomic mass is 32.1. The molecule has 28 heavy (non-hydrogen) atoms. The monoisotopic (exact) mass is 404 g/mol. The lowest BCUT2D eigenvalue weighted by atomic mass is 9.98. The van der Waals surface area contributed by atoms with Gasteiger partial charge >= 0.3 is 0 Å². The second-order valence-corrected chi connectivity index (χ2v) is 7.59. The van der Waals surface area contributed by atoms with Gasteiger partial charge in [0, 0.05) is 11.5 Å². The van der Waals surface area contributed by atoms with Crippen molar-refractivity contribution in [3.05, 3.63) is 24.3 Å². The number of hydrogen-bond donors (Lipinski definition) is 2. The van der Waals surface area contributed by atoms with E-state index >= 15 is 0 Å². The van der Waals surface area contributed by atoms with Crippen LogP contribution in [0, 0.1) is 5.92 Å². The van der Waals surface area contributed by atoms with Crippen LogP contribution in [-0.4, -0.2) is 35.2 Å². The zero-order chi connectivity index (χ0) is 20.5. The Morgan fingerprint density at radius 2 is 2.00 bits per heavy atom. The molecule has 1 aromatic heterocycles. The molecule has 0 aliphatic rings. The predicted octanol–water partition coefficient (Wildman–Crippen LogP) is 3.87. The number of amides is 2. The summed E-state index contributed by atoms with van der Waals surface area (Å²) in [5, 5.41) is 14.7. The van der Waals surface area contributed by atoms with E-state index in [1.807, 2.05) is 31.2 Å². The van der Waals surface area contributed by atoms with Crippen LogP contribution in [0.1, 0.15) is 46.5 Å². The summed E-state index contributed by atoms with van der Waals surface area (Å²) in [6.45, 7) is 5.76. The van der Waals surface area contributed by atoms with Crippen molar-refractivity contribution < 1.29 is 14.3 Å². The molecule has 0 spiro atoms. The summed E-state index contributed by atoms with van der Waals surface area (Å²) in [6.07, 6.45) is 3.66. The Bertz CT molecular complexity index is 793. The lowest BCUT2D eigenvalue weighted by molar-refractivity contribution is -0.129. The fourth-order valence-corrected chi connectivity index (χ4v) is 3.47. The normalized spacial score (nSPS) is 12.9. The average Bonchev–Trinajstić information content (AvgIpc) is 3.17. The van der Waals surface area contributed by atoms with Gasteiger partial charge in [-0.3, -0.25) is 14.9 Å². The number of ether oxygens (including phenoxy) is 1. The summed E-state index contributed by atoms with van der Waals surface area (Å²) in [6, 6.07) is 6.83. The molecular formula is C20H28N4O3S. The fraction of sp³-hybridized carbons (Fsp3) is 0.500. The van der Waals surface area contributed by atoms with E-state index in [0.29, 0.717) is 10.1 Å². The van der Waals surface area contributed by atoms with E-state index in [0.717, 1.165) is 37.0 Å². The molecule has 2 atom stereocenters. The molecule has 0 unspecified atom stereocenters. The van der Waals surface area contributed by atoms with Crippen LogP contribution in [-0.2, 0) is 9.59 Å². The first-order valence-electron chi connectivity index (χ1n) is 9.57. The Labute approximate surface area is 169 Å². The Hall–Kier alpha value is -2.48. The topological polar surface area (TPSA) is 93.2 Å². The minimum absolute atomic E-state index is 0.0589. The summed E-state index contributed by atoms with van der Waals surface area (Å²) in [5.74, 6) is 0.277. The maximum Gasteiger partial charge on any atom is 0.248 e. The van der Waals surface area contributed by atoms with Crippen LogP contribution in [0.25, 0.3) is 10.6 Å². The number of rotatable bonds is 10. The number of aromatic nitrogens is 2. The highest BCUT2D eigenvalue weighted by Crippen LogP contribution is 2.28. The number of methoxy groups -OCH3 is 1. The van der Waals surface area contributed by atoms with Gasteiger partial charge in [0.2, 0.25) is 16.9 Å². The molecule has 0 aliphatic heterocycles. The molecule has 2 aromatic rings. The number of nitrogens with zero attached hydrogens (tertiary/aromatic N) is 2. The van der Waals surface area contributed by atoms with Gasteiger partial charge in [0.25, 0.3) is 0 Å². The maximum atomic E-state index is 12.4. The first kappa shape index (κ1) is 21.8. The van der Waals surface area contributed by atoms with Gasteiger partial charge in [-0.2, -0.15) is 0 Å². The Morgan fingerprint density at radius 1 is 1.21 bits per heavy atom. The second kappa shape index (κ2) is 10.8. The molecule has 2 N–H and O–H groups in total. The molecule has 0 fully saturated rings. The van der Waals surface area contributed by atoms with E-state index in [1.165, 1.54) is 11.3 Å². The number of nitrogens with one attached hydrogen (secondary N) is 2. The molecule has 0 saturated heterocycles. The SMILES string of the molecule is CCCC[C@H](CC)C(=O)N[C@H](C)C(=O)Nc1nnc(-c2cccc(OC)c2)s1. The molecule has 0 aliphatic carbocycles. The van der Waals surface area contributed by atoms with Gasteiger partial charge in [0.05, 0.1) is 7.11 Å². The average molecular weight is 405 g/mol. The third-order valence-electron chi connectivity index (χ3n) is 4.49. The van der Waals surface area contributed by atoms with Crippen LogP contribution in [0.2, 0.25) is 0 Å². The Balaban J connectivity index is 1.95. The molecule has 7 nitrogen and oxygen atoms in total. The summed E-state index contributed by atoms with van der Waals surface area (Å²) in [5.41, 5.74) is 0.861. The van der Waals surface area contributed by atoms with Crippen molar-refractivity contribution in [1.29, 1.82) is 0 Å². The molecular weight excluding hydrogens is 376 g/mol. The molecule has 1 aromatic carbocycles. The van der Waals surface area contributed by atoms with E-state index in [9.17, 15) is 9.59 Å². The van der Waals surface area contributed by atoms with Crippen molar-refractivity contribution in [2.75, 3.05) is 12.4 Å². The zero-order valence-electron chi connectivity index (χ0n) is 16.8. The van der Waals surface area contributed by atoms with Crippen molar-refractivity contribution in [3.8, 4) is 16.3 Å². The third kappa shape index (κ3) is 6.02. The van der Waals surface area contributed by atoms with Crippen molar-refractivity contribution in [2.24, 2.45) is 5.92 Å². The lowest BCUT2D eigenvalue weighted by Crippen LogP contribution is -2.44. The Morgan fingerprint density at radius 3 is 2.68 bits per heavy atom. The molecule has 8 heteroatoms. The maximum absolute atomic E-state index is 12.4. The van der Waals surface area contributed by atoms with Gasteiger partial charge in [0.1, 0.15) is 16.8 Å². The molecule has 0 radical (unpaired) electrons. The second-order valence-electron chi connectivity index (χ2n) is 6.61. The van der Waals surface area contributed by atoms with Gasteiger partial charge in [-0.1, -0.05) is 50.2 Å². The smallest absolute Gasteiger partial charge is 0.248 e. The van der Waals surface area contributed by atoms with E-state index in [1.54, 1.807) is 14.0 Å². The number of anilines is 1. The van der Waals surface area contributed by atoms with E-state index < -0.39 is 6.04 Å². The van der Waals surface area contributed by atoms with Crippen molar-refractivity contribution in [2.45, 2.75) is 52.5 Å². The third-order valence-corrected chi connectivity index (χ3v) is 5.38. The minimum Gasteiger partial charge on any atom is -0.497 e. The Kier molecular flexibility index (Phi) is 8.38. The largest absolute Gasteiger partial charge is 0.497 e. The number of carbonyl (C=O) groups excluding carboxylic acids is 2. The molecule has 152 valence electrons. The first-order chi connectivity index (χ1) is 13.5. The minimum atomic E-state index is -0.646. The van der Waals surface area contributed by atoms with Gasteiger partial charge in [-0.05, 0) is 31.9 Å². The van der Waals surface area contributed by atoms with E-state index in [4.69, 9.17) is 4.74 Å². The van der Waals surface area contributed by atoms with Crippen molar-refractivity contribution in [1.82, 2.24) is 15.5 Å².